The van der Waals surface area contributed by atoms with E-state index in [0.717, 1.165) is 16.5 Å². The van der Waals surface area contributed by atoms with E-state index in [1.54, 1.807) is 18.5 Å². The van der Waals surface area contributed by atoms with Crippen molar-refractivity contribution in [2.24, 2.45) is 0 Å². The Balaban J connectivity index is 1.63. The number of carbonyl (C=O) groups is 3. The van der Waals surface area contributed by atoms with Crippen LogP contribution in [0.1, 0.15) is 16.1 Å². The van der Waals surface area contributed by atoms with Gasteiger partial charge < -0.3 is 24.8 Å². The largest absolute Gasteiger partial charge is 0.467 e. The monoisotopic (exact) mass is 369 g/mol. The lowest BCUT2D eigenvalue weighted by Gasteiger charge is -2.16. The number of benzene rings is 1. The second kappa shape index (κ2) is 8.22. The molecule has 0 fully saturated rings. The molecule has 0 aliphatic rings. The van der Waals surface area contributed by atoms with Gasteiger partial charge in [0.2, 0.25) is 0 Å². The van der Waals surface area contributed by atoms with Gasteiger partial charge in [0.25, 0.3) is 5.91 Å². The van der Waals surface area contributed by atoms with Crippen molar-refractivity contribution in [3.8, 4) is 0 Å². The Labute approximate surface area is 154 Å². The first-order valence-corrected chi connectivity index (χ1v) is 8.31. The lowest BCUT2D eigenvalue weighted by molar-refractivity contribution is -0.145. The first kappa shape index (κ1) is 18.2. The fraction of sp³-hybridized carbons (Fsp3) is 0.211. The van der Waals surface area contributed by atoms with Crippen molar-refractivity contribution in [2.45, 2.75) is 12.5 Å². The van der Waals surface area contributed by atoms with Gasteiger partial charge in [-0.2, -0.15) is 0 Å². The average molecular weight is 369 g/mol. The Morgan fingerprint density at radius 1 is 1.11 bits per heavy atom. The number of aromatic amines is 2. The molecule has 0 aliphatic heterocycles. The van der Waals surface area contributed by atoms with Crippen LogP contribution in [-0.4, -0.2) is 47.6 Å². The second-order valence-corrected chi connectivity index (χ2v) is 5.87. The van der Waals surface area contributed by atoms with Gasteiger partial charge in [0.1, 0.15) is 11.7 Å². The van der Waals surface area contributed by atoms with Crippen molar-refractivity contribution < 1.29 is 23.9 Å². The number of rotatable bonds is 7. The number of nitrogens with one attached hydrogen (secondary N) is 3. The van der Waals surface area contributed by atoms with Crippen LogP contribution in [0.3, 0.4) is 0 Å². The summed E-state index contributed by atoms with van der Waals surface area (Å²) in [4.78, 5) is 41.8. The number of carbonyl (C=O) groups excluding carboxylic acids is 3. The van der Waals surface area contributed by atoms with Gasteiger partial charge in [-0.25, -0.2) is 9.59 Å². The van der Waals surface area contributed by atoms with Crippen molar-refractivity contribution in [3.63, 3.8) is 0 Å². The molecule has 8 heteroatoms. The van der Waals surface area contributed by atoms with Crippen LogP contribution in [0.25, 0.3) is 10.9 Å². The van der Waals surface area contributed by atoms with Crippen LogP contribution < -0.4 is 5.32 Å². The highest BCUT2D eigenvalue weighted by Crippen LogP contribution is 2.19. The topological polar surface area (TPSA) is 113 Å². The number of H-pyrrole nitrogens is 2. The molecule has 3 aromatic rings. The third-order valence-electron chi connectivity index (χ3n) is 4.07. The molecule has 0 aliphatic carbocycles. The summed E-state index contributed by atoms with van der Waals surface area (Å²) in [5.41, 5.74) is 2.04. The maximum Gasteiger partial charge on any atom is 0.355 e. The molecular weight excluding hydrogens is 350 g/mol. The molecule has 0 radical (unpaired) electrons. The van der Waals surface area contributed by atoms with E-state index in [9.17, 15) is 14.4 Å². The van der Waals surface area contributed by atoms with E-state index < -0.39 is 30.5 Å². The molecule has 0 spiro atoms. The minimum Gasteiger partial charge on any atom is -0.467 e. The third-order valence-corrected chi connectivity index (χ3v) is 4.07. The molecule has 27 heavy (non-hydrogen) atoms. The summed E-state index contributed by atoms with van der Waals surface area (Å²) in [6.45, 7) is -0.501. The zero-order valence-electron chi connectivity index (χ0n) is 14.7. The first-order chi connectivity index (χ1) is 13.1. The second-order valence-electron chi connectivity index (χ2n) is 5.87. The molecular formula is C19H19N3O5. The molecule has 2 heterocycles. The highest BCUT2D eigenvalue weighted by atomic mass is 16.5. The van der Waals surface area contributed by atoms with E-state index in [1.807, 2.05) is 24.3 Å². The van der Waals surface area contributed by atoms with E-state index in [4.69, 9.17) is 9.47 Å². The van der Waals surface area contributed by atoms with E-state index >= 15 is 0 Å². The molecule has 1 aromatic carbocycles. The van der Waals surface area contributed by atoms with Crippen LogP contribution in [-0.2, 0) is 25.5 Å². The first-order valence-electron chi connectivity index (χ1n) is 8.31. The van der Waals surface area contributed by atoms with Gasteiger partial charge in [-0.15, -0.1) is 0 Å². The van der Waals surface area contributed by atoms with Gasteiger partial charge in [-0.1, -0.05) is 18.2 Å². The molecule has 0 bridgehead atoms. The highest BCUT2D eigenvalue weighted by Gasteiger charge is 2.24. The van der Waals surface area contributed by atoms with Crippen molar-refractivity contribution in [3.05, 3.63) is 60.0 Å². The smallest absolute Gasteiger partial charge is 0.355 e. The van der Waals surface area contributed by atoms with Crippen molar-refractivity contribution in [1.29, 1.82) is 0 Å². The minimum atomic E-state index is -0.897. The van der Waals surface area contributed by atoms with E-state index in [0.29, 0.717) is 0 Å². The standard InChI is InChI=1S/C19H19N3O5/c1-26-18(24)16(9-12-10-21-14-6-3-2-5-13(12)14)22-17(23)11-27-19(25)15-7-4-8-20-15/h2-8,10,16,20-21H,9,11H2,1H3,(H,22,23)/t16-/m0/s1. The van der Waals surface area contributed by atoms with Gasteiger partial charge in [-0.3, -0.25) is 4.79 Å². The van der Waals surface area contributed by atoms with Crippen LogP contribution in [0.15, 0.2) is 48.8 Å². The van der Waals surface area contributed by atoms with E-state index in [2.05, 4.69) is 15.3 Å². The summed E-state index contributed by atoms with van der Waals surface area (Å²) < 4.78 is 9.71. The van der Waals surface area contributed by atoms with Gasteiger partial charge in [0.15, 0.2) is 6.61 Å². The fourth-order valence-electron chi connectivity index (χ4n) is 2.76. The maximum atomic E-state index is 12.1. The van der Waals surface area contributed by atoms with Crippen LogP contribution in [0, 0.1) is 0 Å². The van der Waals surface area contributed by atoms with E-state index in [1.165, 1.54) is 13.2 Å². The predicted molar refractivity (Wildman–Crippen MR) is 97.0 cm³/mol. The SMILES string of the molecule is COC(=O)[C@H](Cc1c[nH]c2ccccc12)NC(=O)COC(=O)c1ccc[nH]1. The minimum absolute atomic E-state index is 0.242. The molecule has 0 unspecified atom stereocenters. The van der Waals surface area contributed by atoms with Crippen molar-refractivity contribution in [2.75, 3.05) is 13.7 Å². The molecule has 0 saturated heterocycles. The fourth-order valence-corrected chi connectivity index (χ4v) is 2.76. The maximum absolute atomic E-state index is 12.1. The number of aromatic nitrogens is 2. The Morgan fingerprint density at radius 3 is 2.67 bits per heavy atom. The summed E-state index contributed by atoms with van der Waals surface area (Å²) in [6.07, 6.45) is 3.61. The summed E-state index contributed by atoms with van der Waals surface area (Å²) in [5.74, 6) is -1.82. The number of methoxy groups -OCH3 is 1. The number of hydrogen-bond acceptors (Lipinski definition) is 5. The lowest BCUT2D eigenvalue weighted by atomic mass is 10.0. The molecule has 2 aromatic heterocycles. The van der Waals surface area contributed by atoms with Gasteiger partial charge in [0.05, 0.1) is 7.11 Å². The predicted octanol–water partition coefficient (Wildman–Crippen LogP) is 1.55. The Kier molecular flexibility index (Phi) is 5.55. The normalized spacial score (nSPS) is 11.7. The van der Waals surface area contributed by atoms with E-state index in [-0.39, 0.29) is 12.1 Å². The molecule has 0 saturated carbocycles. The number of amides is 1. The van der Waals surface area contributed by atoms with Gasteiger partial charge in [-0.05, 0) is 23.8 Å². The number of fused-ring (bicyclic) bond motifs is 1. The molecule has 1 amide bonds. The number of hydrogen-bond donors (Lipinski definition) is 3. The quantitative estimate of drug-likeness (QED) is 0.547. The zero-order valence-corrected chi connectivity index (χ0v) is 14.7. The van der Waals surface area contributed by atoms with Crippen molar-refractivity contribution in [1.82, 2.24) is 15.3 Å². The zero-order chi connectivity index (χ0) is 19.2. The van der Waals surface area contributed by atoms with Crippen LogP contribution in [0.5, 0.6) is 0 Å². The lowest BCUT2D eigenvalue weighted by Crippen LogP contribution is -2.44. The Hall–Kier alpha value is -3.55. The molecule has 3 N–H and O–H groups in total. The highest BCUT2D eigenvalue weighted by molar-refractivity contribution is 5.91. The molecule has 140 valence electrons. The van der Waals surface area contributed by atoms with Crippen molar-refractivity contribution >= 4 is 28.7 Å². The number of ether oxygens (including phenoxy) is 2. The Bertz CT molecular complexity index is 945. The summed E-state index contributed by atoms with van der Waals surface area (Å²) in [6, 6.07) is 9.93. The third kappa shape index (κ3) is 4.35. The number of esters is 2. The average Bonchev–Trinajstić information content (AvgIpc) is 3.35. The van der Waals surface area contributed by atoms with Crippen LogP contribution in [0.4, 0.5) is 0 Å². The Morgan fingerprint density at radius 2 is 1.93 bits per heavy atom. The summed E-state index contributed by atoms with van der Waals surface area (Å²) in [7, 11) is 1.25. The number of para-hydroxylation sites is 1. The molecule has 1 atom stereocenters. The van der Waals surface area contributed by atoms with Gasteiger partial charge >= 0.3 is 11.9 Å². The summed E-state index contributed by atoms with van der Waals surface area (Å²) >= 11 is 0. The molecule has 8 nitrogen and oxygen atoms in total. The van der Waals surface area contributed by atoms with Crippen LogP contribution in [0.2, 0.25) is 0 Å². The summed E-state index contributed by atoms with van der Waals surface area (Å²) in [5, 5.41) is 3.51. The van der Waals surface area contributed by atoms with Gasteiger partial charge in [0, 0.05) is 29.7 Å². The molecule has 3 rings (SSSR count). The van der Waals surface area contributed by atoms with Crippen LogP contribution >= 0.6 is 0 Å².